The van der Waals surface area contributed by atoms with Crippen LogP contribution in [0, 0.1) is 5.41 Å². The Kier molecular flexibility index (Phi) is 3.95. The molecule has 3 rings (SSSR count). The number of nitrogens with zero attached hydrogens (tertiary/aromatic N) is 2. The van der Waals surface area contributed by atoms with E-state index in [1.807, 2.05) is 18.0 Å². The number of hydrogen-bond acceptors (Lipinski definition) is 4. The summed E-state index contributed by atoms with van der Waals surface area (Å²) in [5.41, 5.74) is 1.05. The van der Waals surface area contributed by atoms with E-state index >= 15 is 0 Å². The molecule has 7 heteroatoms. The molecule has 0 aromatic heterocycles. The van der Waals surface area contributed by atoms with Crippen molar-refractivity contribution in [3.8, 4) is 0 Å². The first kappa shape index (κ1) is 16.3. The van der Waals surface area contributed by atoms with Crippen LogP contribution in [0.4, 0.5) is 11.4 Å². The van der Waals surface area contributed by atoms with E-state index in [2.05, 4.69) is 5.32 Å². The van der Waals surface area contributed by atoms with E-state index in [-0.39, 0.29) is 18.4 Å². The lowest BCUT2D eigenvalue weighted by Crippen LogP contribution is -2.34. The Morgan fingerprint density at radius 2 is 2.04 bits per heavy atom. The minimum atomic E-state index is -0.893. The molecule has 0 spiro atoms. The van der Waals surface area contributed by atoms with Crippen molar-refractivity contribution in [1.29, 1.82) is 0 Å². The average molecular weight is 331 g/mol. The second-order valence-electron chi connectivity index (χ2n) is 6.79. The Morgan fingerprint density at radius 1 is 1.29 bits per heavy atom. The Balaban J connectivity index is 1.84. The first-order chi connectivity index (χ1) is 11.3. The SMILES string of the molecule is CN1CCC(=O)Nc2cc(C(=O)N3CCC(C)(C(=O)O)C3)ccc21. The second kappa shape index (κ2) is 5.81. The van der Waals surface area contributed by atoms with Gasteiger partial charge in [0, 0.05) is 38.7 Å². The number of nitrogens with one attached hydrogen (secondary N) is 1. The molecule has 1 unspecified atom stereocenters. The molecule has 1 fully saturated rings. The number of anilines is 2. The lowest BCUT2D eigenvalue weighted by molar-refractivity contribution is -0.147. The van der Waals surface area contributed by atoms with Crippen LogP contribution in [0.2, 0.25) is 0 Å². The molecule has 7 nitrogen and oxygen atoms in total. The Morgan fingerprint density at radius 3 is 2.71 bits per heavy atom. The van der Waals surface area contributed by atoms with Gasteiger partial charge in [-0.15, -0.1) is 0 Å². The second-order valence-corrected chi connectivity index (χ2v) is 6.79. The molecule has 2 N–H and O–H groups in total. The monoisotopic (exact) mass is 331 g/mol. The summed E-state index contributed by atoms with van der Waals surface area (Å²) in [6.07, 6.45) is 0.843. The fourth-order valence-corrected chi connectivity index (χ4v) is 3.20. The van der Waals surface area contributed by atoms with E-state index < -0.39 is 11.4 Å². The first-order valence-electron chi connectivity index (χ1n) is 7.98. The molecular formula is C17H21N3O4. The summed E-state index contributed by atoms with van der Waals surface area (Å²) >= 11 is 0. The lowest BCUT2D eigenvalue weighted by Gasteiger charge is -2.22. The van der Waals surface area contributed by atoms with Crippen molar-refractivity contribution in [2.45, 2.75) is 19.8 Å². The normalized spacial score (nSPS) is 23.5. The number of carbonyl (C=O) groups excluding carboxylic acids is 2. The van der Waals surface area contributed by atoms with Gasteiger partial charge in [-0.2, -0.15) is 0 Å². The number of benzene rings is 1. The standard InChI is InChI=1S/C17H21N3O4/c1-17(16(23)24)6-8-20(10-17)15(22)11-3-4-13-12(9-11)18-14(21)5-7-19(13)2/h3-4,9H,5-8,10H2,1-2H3,(H,18,21)(H,23,24). The predicted octanol–water partition coefficient (Wildman–Crippen LogP) is 1.40. The molecule has 2 aliphatic rings. The van der Waals surface area contributed by atoms with Crippen molar-refractivity contribution in [3.05, 3.63) is 23.8 Å². The third-order valence-corrected chi connectivity index (χ3v) is 4.88. The van der Waals surface area contributed by atoms with Crippen LogP contribution in [-0.2, 0) is 9.59 Å². The van der Waals surface area contributed by atoms with Crippen LogP contribution in [0.3, 0.4) is 0 Å². The van der Waals surface area contributed by atoms with Gasteiger partial charge in [-0.25, -0.2) is 0 Å². The highest BCUT2D eigenvalue weighted by atomic mass is 16.4. The van der Waals surface area contributed by atoms with Crippen molar-refractivity contribution in [3.63, 3.8) is 0 Å². The van der Waals surface area contributed by atoms with E-state index in [9.17, 15) is 19.5 Å². The maximum atomic E-state index is 12.7. The van der Waals surface area contributed by atoms with Gasteiger partial charge >= 0.3 is 5.97 Å². The van der Waals surface area contributed by atoms with Crippen LogP contribution < -0.4 is 10.2 Å². The van der Waals surface area contributed by atoms with Crippen LogP contribution >= 0.6 is 0 Å². The van der Waals surface area contributed by atoms with Crippen molar-refractivity contribution >= 4 is 29.2 Å². The number of fused-ring (bicyclic) bond motifs is 1. The molecule has 24 heavy (non-hydrogen) atoms. The number of amides is 2. The van der Waals surface area contributed by atoms with Gasteiger partial charge in [-0.1, -0.05) is 0 Å². The molecular weight excluding hydrogens is 310 g/mol. The fourth-order valence-electron chi connectivity index (χ4n) is 3.20. The summed E-state index contributed by atoms with van der Waals surface area (Å²) in [6.45, 7) is 2.90. The smallest absolute Gasteiger partial charge is 0.311 e. The number of rotatable bonds is 2. The van der Waals surface area contributed by atoms with Crippen molar-refractivity contribution in [1.82, 2.24) is 4.90 Å². The minimum Gasteiger partial charge on any atom is -0.481 e. The first-order valence-corrected chi connectivity index (χ1v) is 7.98. The van der Waals surface area contributed by atoms with Gasteiger partial charge in [0.25, 0.3) is 5.91 Å². The highest BCUT2D eigenvalue weighted by Gasteiger charge is 2.42. The van der Waals surface area contributed by atoms with Crippen LogP contribution in [0.25, 0.3) is 0 Å². The van der Waals surface area contributed by atoms with Crippen molar-refractivity contribution in [2.24, 2.45) is 5.41 Å². The molecule has 1 atom stereocenters. The molecule has 1 saturated heterocycles. The molecule has 2 heterocycles. The van der Waals surface area contributed by atoms with Gasteiger partial charge in [-0.3, -0.25) is 14.4 Å². The summed E-state index contributed by atoms with van der Waals surface area (Å²) in [5, 5.41) is 12.1. The Bertz CT molecular complexity index is 718. The zero-order valence-electron chi connectivity index (χ0n) is 13.8. The molecule has 0 radical (unpaired) electrons. The van der Waals surface area contributed by atoms with Crippen LogP contribution in [0.5, 0.6) is 0 Å². The number of carboxylic acid groups (broad SMARTS) is 1. The minimum absolute atomic E-state index is 0.0789. The largest absolute Gasteiger partial charge is 0.481 e. The predicted molar refractivity (Wildman–Crippen MR) is 89.2 cm³/mol. The molecule has 0 saturated carbocycles. The van der Waals surface area contributed by atoms with Crippen LogP contribution in [-0.4, -0.2) is 54.5 Å². The Labute approximate surface area is 140 Å². The van der Waals surface area contributed by atoms with Crippen molar-refractivity contribution < 1.29 is 19.5 Å². The van der Waals surface area contributed by atoms with Gasteiger partial charge < -0.3 is 20.2 Å². The quantitative estimate of drug-likeness (QED) is 0.855. The summed E-state index contributed by atoms with van der Waals surface area (Å²) in [7, 11) is 1.90. The third kappa shape index (κ3) is 2.81. The summed E-state index contributed by atoms with van der Waals surface area (Å²) in [6, 6.07) is 5.22. The molecule has 2 aliphatic heterocycles. The van der Waals surface area contributed by atoms with E-state index in [0.29, 0.717) is 37.2 Å². The van der Waals surface area contributed by atoms with Crippen LogP contribution in [0.1, 0.15) is 30.1 Å². The highest BCUT2D eigenvalue weighted by molar-refractivity contribution is 6.01. The van der Waals surface area contributed by atoms with Gasteiger partial charge in [0.2, 0.25) is 5.91 Å². The maximum Gasteiger partial charge on any atom is 0.311 e. The zero-order valence-corrected chi connectivity index (χ0v) is 13.8. The van der Waals surface area contributed by atoms with E-state index in [1.54, 1.807) is 24.0 Å². The molecule has 0 bridgehead atoms. The lowest BCUT2D eigenvalue weighted by atomic mass is 9.90. The number of carboxylic acids is 1. The Hall–Kier alpha value is -2.57. The molecule has 2 amide bonds. The molecule has 0 aliphatic carbocycles. The number of carbonyl (C=O) groups is 3. The summed E-state index contributed by atoms with van der Waals surface area (Å²) in [4.78, 5) is 39.4. The zero-order chi connectivity index (χ0) is 17.5. The van der Waals surface area contributed by atoms with Gasteiger partial charge in [0.05, 0.1) is 16.8 Å². The molecule has 1 aromatic carbocycles. The van der Waals surface area contributed by atoms with Gasteiger partial charge in [0.15, 0.2) is 0 Å². The third-order valence-electron chi connectivity index (χ3n) is 4.88. The number of aliphatic carboxylic acids is 1. The molecule has 128 valence electrons. The summed E-state index contributed by atoms with van der Waals surface area (Å²) in [5.74, 6) is -1.16. The fraction of sp³-hybridized carbons (Fsp3) is 0.471. The van der Waals surface area contributed by atoms with Crippen LogP contribution in [0.15, 0.2) is 18.2 Å². The van der Waals surface area contributed by atoms with E-state index in [1.165, 1.54) is 0 Å². The molecule has 1 aromatic rings. The van der Waals surface area contributed by atoms with E-state index in [4.69, 9.17) is 0 Å². The number of likely N-dealkylation sites (tertiary alicyclic amines) is 1. The summed E-state index contributed by atoms with van der Waals surface area (Å²) < 4.78 is 0. The van der Waals surface area contributed by atoms with Gasteiger partial charge in [-0.05, 0) is 31.5 Å². The average Bonchev–Trinajstić information content (AvgIpc) is 2.89. The van der Waals surface area contributed by atoms with Gasteiger partial charge in [0.1, 0.15) is 0 Å². The maximum absolute atomic E-state index is 12.7. The number of hydrogen-bond donors (Lipinski definition) is 2. The van der Waals surface area contributed by atoms with E-state index in [0.717, 1.165) is 5.69 Å². The topological polar surface area (TPSA) is 90.0 Å². The van der Waals surface area contributed by atoms with Crippen molar-refractivity contribution in [2.75, 3.05) is 36.9 Å². The highest BCUT2D eigenvalue weighted by Crippen LogP contribution is 2.33.